The molecule has 0 heterocycles. The number of anilines is 1. The van der Waals surface area contributed by atoms with Crippen LogP contribution in [0.4, 0.5) is 5.69 Å². The minimum atomic E-state index is 0.119. The standard InChI is InChI=1S/C14H22N2O/c1-11(2)9-14(17)15-10-12-7-5-6-8-13(12)16(3)4/h5-8,11H,9-10H2,1-4H3,(H,15,17). The lowest BCUT2D eigenvalue weighted by Gasteiger charge is -2.17. The van der Waals surface area contributed by atoms with Crippen LogP contribution in [0.3, 0.4) is 0 Å². The molecule has 0 aliphatic rings. The Hall–Kier alpha value is -1.51. The Bertz CT molecular complexity index is 372. The maximum absolute atomic E-state index is 11.6. The lowest BCUT2D eigenvalue weighted by molar-refractivity contribution is -0.121. The summed E-state index contributed by atoms with van der Waals surface area (Å²) in [4.78, 5) is 13.6. The fraction of sp³-hybridized carbons (Fsp3) is 0.500. The molecule has 17 heavy (non-hydrogen) atoms. The second-order valence-electron chi connectivity index (χ2n) is 4.90. The number of hydrogen-bond acceptors (Lipinski definition) is 2. The second kappa shape index (κ2) is 6.28. The maximum Gasteiger partial charge on any atom is 0.220 e. The van der Waals surface area contributed by atoms with E-state index in [0.29, 0.717) is 18.9 Å². The number of amides is 1. The van der Waals surface area contributed by atoms with Crippen molar-refractivity contribution in [3.8, 4) is 0 Å². The molecule has 0 aliphatic heterocycles. The molecule has 1 aromatic rings. The number of carbonyl (C=O) groups is 1. The quantitative estimate of drug-likeness (QED) is 0.848. The molecule has 0 bridgehead atoms. The predicted octanol–water partition coefficient (Wildman–Crippen LogP) is 2.41. The smallest absolute Gasteiger partial charge is 0.220 e. The first kappa shape index (κ1) is 13.6. The number of rotatable bonds is 5. The minimum Gasteiger partial charge on any atom is -0.377 e. The topological polar surface area (TPSA) is 32.3 Å². The summed E-state index contributed by atoms with van der Waals surface area (Å²) in [6.45, 7) is 4.70. The van der Waals surface area contributed by atoms with Crippen molar-refractivity contribution < 1.29 is 4.79 Å². The van der Waals surface area contributed by atoms with Gasteiger partial charge in [0, 0.05) is 32.7 Å². The van der Waals surface area contributed by atoms with Gasteiger partial charge in [-0.15, -0.1) is 0 Å². The van der Waals surface area contributed by atoms with Gasteiger partial charge in [-0.3, -0.25) is 4.79 Å². The summed E-state index contributed by atoms with van der Waals surface area (Å²) in [6.07, 6.45) is 0.587. The van der Waals surface area contributed by atoms with E-state index in [1.165, 1.54) is 0 Å². The van der Waals surface area contributed by atoms with Gasteiger partial charge < -0.3 is 10.2 Å². The lowest BCUT2D eigenvalue weighted by Crippen LogP contribution is -2.25. The van der Waals surface area contributed by atoms with E-state index in [1.807, 2.05) is 46.1 Å². The lowest BCUT2D eigenvalue weighted by atomic mass is 10.1. The SMILES string of the molecule is CC(C)CC(=O)NCc1ccccc1N(C)C. The summed E-state index contributed by atoms with van der Waals surface area (Å²) in [5.74, 6) is 0.521. The summed E-state index contributed by atoms with van der Waals surface area (Å²) in [5, 5.41) is 2.96. The average Bonchev–Trinajstić information content (AvgIpc) is 2.25. The van der Waals surface area contributed by atoms with Crippen LogP contribution in [-0.4, -0.2) is 20.0 Å². The van der Waals surface area contributed by atoms with E-state index in [2.05, 4.69) is 16.3 Å². The van der Waals surface area contributed by atoms with E-state index >= 15 is 0 Å². The maximum atomic E-state index is 11.6. The van der Waals surface area contributed by atoms with Crippen molar-refractivity contribution in [1.82, 2.24) is 5.32 Å². The normalized spacial score (nSPS) is 10.4. The van der Waals surface area contributed by atoms with Gasteiger partial charge in [-0.05, 0) is 17.5 Å². The van der Waals surface area contributed by atoms with Crippen molar-refractivity contribution in [2.24, 2.45) is 5.92 Å². The zero-order valence-corrected chi connectivity index (χ0v) is 11.2. The Morgan fingerprint density at radius 3 is 2.53 bits per heavy atom. The number of para-hydroxylation sites is 1. The van der Waals surface area contributed by atoms with Gasteiger partial charge in [0.2, 0.25) is 5.91 Å². The molecule has 1 amide bonds. The molecule has 3 nitrogen and oxygen atoms in total. The van der Waals surface area contributed by atoms with E-state index in [1.54, 1.807) is 0 Å². The van der Waals surface area contributed by atoms with Gasteiger partial charge >= 0.3 is 0 Å². The molecular weight excluding hydrogens is 212 g/mol. The van der Waals surface area contributed by atoms with E-state index in [0.717, 1.165) is 11.3 Å². The Labute approximate surface area is 104 Å². The summed E-state index contributed by atoms with van der Waals surface area (Å²) in [7, 11) is 4.02. The number of nitrogens with one attached hydrogen (secondary N) is 1. The van der Waals surface area contributed by atoms with Gasteiger partial charge in [0.05, 0.1) is 0 Å². The predicted molar refractivity (Wildman–Crippen MR) is 72.1 cm³/mol. The molecule has 3 heteroatoms. The first-order valence-corrected chi connectivity index (χ1v) is 6.02. The van der Waals surface area contributed by atoms with Gasteiger partial charge in [0.15, 0.2) is 0 Å². The highest BCUT2D eigenvalue weighted by molar-refractivity contribution is 5.76. The number of hydrogen-bond donors (Lipinski definition) is 1. The molecule has 0 radical (unpaired) electrons. The van der Waals surface area contributed by atoms with E-state index in [9.17, 15) is 4.79 Å². The van der Waals surface area contributed by atoms with Crippen molar-refractivity contribution >= 4 is 11.6 Å². The Kier molecular flexibility index (Phi) is 5.01. The van der Waals surface area contributed by atoms with Gasteiger partial charge in [-0.1, -0.05) is 32.0 Å². The van der Waals surface area contributed by atoms with Crippen LogP contribution in [0.2, 0.25) is 0 Å². The molecule has 1 aromatic carbocycles. The van der Waals surface area contributed by atoms with Crippen LogP contribution in [0.1, 0.15) is 25.8 Å². The van der Waals surface area contributed by atoms with Crippen molar-refractivity contribution in [1.29, 1.82) is 0 Å². The van der Waals surface area contributed by atoms with Crippen LogP contribution in [0.25, 0.3) is 0 Å². The molecule has 1 N–H and O–H groups in total. The van der Waals surface area contributed by atoms with Gasteiger partial charge in [-0.25, -0.2) is 0 Å². The van der Waals surface area contributed by atoms with Crippen molar-refractivity contribution in [3.63, 3.8) is 0 Å². The van der Waals surface area contributed by atoms with E-state index in [4.69, 9.17) is 0 Å². The van der Waals surface area contributed by atoms with E-state index in [-0.39, 0.29) is 5.91 Å². The first-order chi connectivity index (χ1) is 8.00. The molecule has 0 saturated carbocycles. The highest BCUT2D eigenvalue weighted by Crippen LogP contribution is 2.17. The van der Waals surface area contributed by atoms with Crippen LogP contribution in [-0.2, 0) is 11.3 Å². The molecule has 0 spiro atoms. The largest absolute Gasteiger partial charge is 0.377 e. The van der Waals surface area contributed by atoms with Crippen LogP contribution in [0.5, 0.6) is 0 Å². The van der Waals surface area contributed by atoms with Crippen LogP contribution >= 0.6 is 0 Å². The third kappa shape index (κ3) is 4.47. The molecule has 0 saturated heterocycles. The van der Waals surface area contributed by atoms with Crippen LogP contribution < -0.4 is 10.2 Å². The van der Waals surface area contributed by atoms with Crippen LogP contribution in [0.15, 0.2) is 24.3 Å². The monoisotopic (exact) mass is 234 g/mol. The van der Waals surface area contributed by atoms with Crippen LogP contribution in [0, 0.1) is 5.92 Å². The van der Waals surface area contributed by atoms with Gasteiger partial charge in [0.1, 0.15) is 0 Å². The Morgan fingerprint density at radius 1 is 1.29 bits per heavy atom. The Morgan fingerprint density at radius 2 is 1.94 bits per heavy atom. The molecule has 0 fully saturated rings. The molecule has 0 unspecified atom stereocenters. The number of carbonyl (C=O) groups excluding carboxylic acids is 1. The summed E-state index contributed by atoms with van der Waals surface area (Å²) in [6, 6.07) is 8.11. The van der Waals surface area contributed by atoms with Crippen molar-refractivity contribution in [2.45, 2.75) is 26.8 Å². The molecular formula is C14H22N2O. The average molecular weight is 234 g/mol. The van der Waals surface area contributed by atoms with Crippen molar-refractivity contribution in [3.05, 3.63) is 29.8 Å². The fourth-order valence-electron chi connectivity index (χ4n) is 1.73. The summed E-state index contributed by atoms with van der Waals surface area (Å²) >= 11 is 0. The number of nitrogens with zero attached hydrogens (tertiary/aromatic N) is 1. The Balaban J connectivity index is 2.60. The molecule has 94 valence electrons. The third-order valence-electron chi connectivity index (χ3n) is 2.54. The van der Waals surface area contributed by atoms with Crippen molar-refractivity contribution in [2.75, 3.05) is 19.0 Å². The molecule has 1 rings (SSSR count). The molecule has 0 atom stereocenters. The minimum absolute atomic E-state index is 0.119. The fourth-order valence-corrected chi connectivity index (χ4v) is 1.73. The second-order valence-corrected chi connectivity index (χ2v) is 4.90. The van der Waals surface area contributed by atoms with E-state index < -0.39 is 0 Å². The first-order valence-electron chi connectivity index (χ1n) is 6.02. The molecule has 0 aromatic heterocycles. The highest BCUT2D eigenvalue weighted by atomic mass is 16.1. The third-order valence-corrected chi connectivity index (χ3v) is 2.54. The van der Waals surface area contributed by atoms with Gasteiger partial charge in [0.25, 0.3) is 0 Å². The summed E-state index contributed by atoms with van der Waals surface area (Å²) < 4.78 is 0. The van der Waals surface area contributed by atoms with Gasteiger partial charge in [-0.2, -0.15) is 0 Å². The molecule has 0 aliphatic carbocycles. The highest BCUT2D eigenvalue weighted by Gasteiger charge is 2.07. The zero-order valence-electron chi connectivity index (χ0n) is 11.2. The summed E-state index contributed by atoms with van der Waals surface area (Å²) in [5.41, 5.74) is 2.30. The number of benzene rings is 1. The zero-order chi connectivity index (χ0) is 12.8.